The van der Waals surface area contributed by atoms with E-state index < -0.39 is 34.9 Å². The Morgan fingerprint density at radius 1 is 1.12 bits per heavy atom. The molecule has 1 aromatic heterocycles. The van der Waals surface area contributed by atoms with Crippen molar-refractivity contribution in [2.24, 2.45) is 24.1 Å². The van der Waals surface area contributed by atoms with Crippen molar-refractivity contribution in [2.75, 3.05) is 14.1 Å². The second-order valence-corrected chi connectivity index (χ2v) is 12.8. The molecule has 9 nitrogen and oxygen atoms in total. The van der Waals surface area contributed by atoms with Gasteiger partial charge in [-0.3, -0.25) is 9.59 Å². The molecule has 40 heavy (non-hydrogen) atoms. The minimum absolute atomic E-state index is 0.0340. The smallest absolute Gasteiger partial charge is 0.331 e. The summed E-state index contributed by atoms with van der Waals surface area (Å²) in [5, 5.41) is 16.7. The van der Waals surface area contributed by atoms with Crippen LogP contribution in [0.3, 0.4) is 0 Å². The lowest BCUT2D eigenvalue weighted by Crippen LogP contribution is -2.61. The van der Waals surface area contributed by atoms with Crippen LogP contribution >= 0.6 is 0 Å². The molecule has 2 rings (SSSR count). The van der Waals surface area contributed by atoms with Crippen molar-refractivity contribution in [1.82, 2.24) is 20.1 Å². The largest absolute Gasteiger partial charge is 0.478 e. The number of benzene rings is 1. The minimum Gasteiger partial charge on any atom is -0.478 e. The highest BCUT2D eigenvalue weighted by molar-refractivity contribution is 5.93. The molecule has 0 spiro atoms. The first kappa shape index (κ1) is 33.0. The van der Waals surface area contributed by atoms with E-state index >= 15 is 0 Å². The Morgan fingerprint density at radius 2 is 1.73 bits per heavy atom. The maximum absolute atomic E-state index is 14.0. The van der Waals surface area contributed by atoms with Crippen LogP contribution in [0.2, 0.25) is 0 Å². The van der Waals surface area contributed by atoms with Crippen molar-refractivity contribution in [1.29, 1.82) is 0 Å². The van der Waals surface area contributed by atoms with E-state index in [2.05, 4.69) is 16.7 Å². The van der Waals surface area contributed by atoms with Gasteiger partial charge in [-0.25, -0.2) is 4.79 Å². The van der Waals surface area contributed by atoms with Gasteiger partial charge < -0.3 is 30.9 Å². The van der Waals surface area contributed by atoms with Gasteiger partial charge in [0.25, 0.3) is 0 Å². The molecule has 222 valence electrons. The Bertz CT molecular complexity index is 1270. The molecule has 0 saturated heterocycles. The SMILES string of the molecule is CNC(C(=O)NC(C(=O)N(C)[C@H](/C=C(\C)C(=O)O)C(C)C)C(C)(C)C)C(C)(C)c1cn(C)c2ccc(CN)cc12. The normalized spacial score (nSPS) is 15.2. The lowest BCUT2D eigenvalue weighted by molar-refractivity contribution is -0.141. The number of hydrogen-bond donors (Lipinski definition) is 4. The van der Waals surface area contributed by atoms with Crippen LogP contribution in [0, 0.1) is 11.3 Å². The average molecular weight is 556 g/mol. The van der Waals surface area contributed by atoms with Crippen molar-refractivity contribution in [3.8, 4) is 0 Å². The maximum atomic E-state index is 14.0. The molecular formula is C31H49N5O4. The van der Waals surface area contributed by atoms with Crippen molar-refractivity contribution in [3.05, 3.63) is 47.2 Å². The van der Waals surface area contributed by atoms with Crippen LogP contribution in [-0.2, 0) is 33.4 Å². The molecule has 0 saturated carbocycles. The van der Waals surface area contributed by atoms with Crippen molar-refractivity contribution in [3.63, 3.8) is 0 Å². The number of carboxylic acid groups (broad SMARTS) is 1. The van der Waals surface area contributed by atoms with Crippen LogP contribution in [-0.4, -0.2) is 64.6 Å². The number of fused-ring (bicyclic) bond motifs is 1. The van der Waals surface area contributed by atoms with Gasteiger partial charge >= 0.3 is 5.97 Å². The summed E-state index contributed by atoms with van der Waals surface area (Å²) < 4.78 is 2.05. The van der Waals surface area contributed by atoms with Crippen molar-refractivity contribution >= 4 is 28.7 Å². The monoisotopic (exact) mass is 555 g/mol. The van der Waals surface area contributed by atoms with Crippen LogP contribution in [0.25, 0.3) is 10.9 Å². The summed E-state index contributed by atoms with van der Waals surface area (Å²) in [6.45, 7) is 15.6. The summed E-state index contributed by atoms with van der Waals surface area (Å²) in [4.78, 5) is 40.9. The molecule has 1 heterocycles. The van der Waals surface area contributed by atoms with E-state index in [4.69, 9.17) is 5.73 Å². The van der Waals surface area contributed by atoms with Crippen LogP contribution in [0.5, 0.6) is 0 Å². The molecule has 2 amide bonds. The molecule has 0 aliphatic heterocycles. The number of amides is 2. The van der Waals surface area contributed by atoms with E-state index in [9.17, 15) is 19.5 Å². The average Bonchev–Trinajstić information content (AvgIpc) is 3.20. The molecule has 1 aromatic carbocycles. The van der Waals surface area contributed by atoms with E-state index in [1.165, 1.54) is 6.92 Å². The molecule has 0 aliphatic carbocycles. The first-order chi connectivity index (χ1) is 18.4. The summed E-state index contributed by atoms with van der Waals surface area (Å²) in [5.74, 6) is -1.63. The zero-order valence-corrected chi connectivity index (χ0v) is 26.0. The second kappa shape index (κ2) is 12.6. The van der Waals surface area contributed by atoms with E-state index in [-0.39, 0.29) is 23.3 Å². The summed E-state index contributed by atoms with van der Waals surface area (Å²) in [6, 6.07) is 4.18. The van der Waals surface area contributed by atoms with Crippen LogP contribution in [0.4, 0.5) is 0 Å². The first-order valence-corrected chi connectivity index (χ1v) is 13.8. The molecular weight excluding hydrogens is 506 g/mol. The van der Waals surface area contributed by atoms with Crippen LogP contribution in [0.1, 0.15) is 66.5 Å². The van der Waals surface area contributed by atoms with Crippen molar-refractivity contribution in [2.45, 2.75) is 85.5 Å². The molecule has 2 aromatic rings. The highest BCUT2D eigenvalue weighted by atomic mass is 16.4. The number of rotatable bonds is 11. The van der Waals surface area contributed by atoms with E-state index in [0.29, 0.717) is 6.54 Å². The molecule has 9 heteroatoms. The van der Waals surface area contributed by atoms with Gasteiger partial charge in [0.15, 0.2) is 0 Å². The quantitative estimate of drug-likeness (QED) is 0.314. The number of nitrogens with zero attached hydrogens (tertiary/aromatic N) is 2. The van der Waals surface area contributed by atoms with Gasteiger partial charge in [-0.05, 0) is 48.6 Å². The lowest BCUT2D eigenvalue weighted by atomic mass is 9.76. The second-order valence-electron chi connectivity index (χ2n) is 12.8. The number of carbonyl (C=O) groups is 3. The summed E-state index contributed by atoms with van der Waals surface area (Å²) in [5.41, 5.74) is 7.89. The number of carboxylic acids is 1. The fourth-order valence-electron chi connectivity index (χ4n) is 5.36. The van der Waals surface area contributed by atoms with E-state index in [0.717, 1.165) is 22.0 Å². The number of likely N-dealkylation sites (N-methyl/N-ethyl adjacent to an activating group) is 2. The molecule has 2 unspecified atom stereocenters. The number of nitrogens with one attached hydrogen (secondary N) is 2. The lowest BCUT2D eigenvalue weighted by Gasteiger charge is -2.39. The van der Waals surface area contributed by atoms with Gasteiger partial charge in [0.1, 0.15) is 6.04 Å². The number of nitrogens with two attached hydrogens (primary N) is 1. The van der Waals surface area contributed by atoms with Gasteiger partial charge in [-0.1, -0.05) is 60.6 Å². The van der Waals surface area contributed by atoms with E-state index in [1.54, 1.807) is 25.1 Å². The number of aryl methyl sites for hydroxylation is 1. The summed E-state index contributed by atoms with van der Waals surface area (Å²) in [6.07, 6.45) is 3.65. The van der Waals surface area contributed by atoms with Crippen LogP contribution < -0.4 is 16.4 Å². The Labute approximate surface area is 239 Å². The molecule has 0 radical (unpaired) electrons. The van der Waals surface area contributed by atoms with Gasteiger partial charge in [0, 0.05) is 48.7 Å². The minimum atomic E-state index is -1.03. The Balaban J connectivity index is 2.47. The predicted molar refractivity (Wildman–Crippen MR) is 161 cm³/mol. The maximum Gasteiger partial charge on any atom is 0.331 e. The number of aromatic nitrogens is 1. The Kier molecular flexibility index (Phi) is 10.4. The molecule has 0 aliphatic rings. The van der Waals surface area contributed by atoms with Crippen molar-refractivity contribution < 1.29 is 19.5 Å². The topological polar surface area (TPSA) is 130 Å². The summed E-state index contributed by atoms with van der Waals surface area (Å²) in [7, 11) is 5.39. The number of carbonyl (C=O) groups excluding carboxylic acids is 2. The van der Waals surface area contributed by atoms with Crippen LogP contribution in [0.15, 0.2) is 36.0 Å². The van der Waals surface area contributed by atoms with Gasteiger partial charge in [0.2, 0.25) is 11.8 Å². The van der Waals surface area contributed by atoms with Gasteiger partial charge in [0.05, 0.1) is 12.1 Å². The zero-order chi connectivity index (χ0) is 30.7. The third kappa shape index (κ3) is 6.93. The number of aliphatic carboxylic acids is 1. The third-order valence-electron chi connectivity index (χ3n) is 7.89. The first-order valence-electron chi connectivity index (χ1n) is 13.8. The standard InChI is InChI=1S/C31H49N5O4/c1-18(2)24(14-19(3)29(39)40)36(11)28(38)26(30(4,5)6)34-27(37)25(33-9)31(7,8)22-17-35(10)23-13-12-20(16-32)15-21(22)23/h12-15,17-18,24-26,33H,16,32H2,1-11H3,(H,34,37)(H,39,40)/b19-14+/t24-,25?,26?/m1/s1. The van der Waals surface area contributed by atoms with E-state index in [1.807, 2.05) is 78.4 Å². The number of hydrogen-bond acceptors (Lipinski definition) is 5. The molecule has 3 atom stereocenters. The highest BCUT2D eigenvalue weighted by Gasteiger charge is 2.42. The molecule has 0 bridgehead atoms. The highest BCUT2D eigenvalue weighted by Crippen LogP contribution is 2.35. The zero-order valence-electron chi connectivity index (χ0n) is 26.0. The Hall–Kier alpha value is -3.17. The predicted octanol–water partition coefficient (Wildman–Crippen LogP) is 3.55. The fraction of sp³-hybridized carbons (Fsp3) is 0.581. The van der Waals surface area contributed by atoms with Gasteiger partial charge in [-0.15, -0.1) is 0 Å². The molecule has 5 N–H and O–H groups in total. The summed E-state index contributed by atoms with van der Waals surface area (Å²) >= 11 is 0. The molecule has 0 fully saturated rings. The fourth-order valence-corrected chi connectivity index (χ4v) is 5.36. The van der Waals surface area contributed by atoms with Gasteiger partial charge in [-0.2, -0.15) is 0 Å². The Morgan fingerprint density at radius 3 is 2.20 bits per heavy atom. The third-order valence-corrected chi connectivity index (χ3v) is 7.89.